The summed E-state index contributed by atoms with van der Waals surface area (Å²) in [5.74, 6) is 1.37. The third-order valence-electron chi connectivity index (χ3n) is 1.99. The first-order chi connectivity index (χ1) is 8.06. The Morgan fingerprint density at radius 2 is 2.06 bits per heavy atom. The Kier molecular flexibility index (Phi) is 3.54. The number of hydrogen-bond acceptors (Lipinski definition) is 6. The maximum atomic E-state index is 5.85. The van der Waals surface area contributed by atoms with Crippen molar-refractivity contribution in [1.82, 2.24) is 15.0 Å². The summed E-state index contributed by atoms with van der Waals surface area (Å²) in [6, 6.07) is 1.87. The maximum absolute atomic E-state index is 5.85. The van der Waals surface area contributed by atoms with Gasteiger partial charge < -0.3 is 9.32 Å². The highest BCUT2D eigenvalue weighted by Crippen LogP contribution is 2.29. The molecule has 2 rings (SSSR count). The van der Waals surface area contributed by atoms with Gasteiger partial charge in [-0.3, -0.25) is 0 Å². The van der Waals surface area contributed by atoms with Crippen LogP contribution in [0.1, 0.15) is 5.76 Å². The highest BCUT2D eigenvalue weighted by atomic mass is 35.5. The van der Waals surface area contributed by atoms with Gasteiger partial charge in [0, 0.05) is 14.1 Å². The Hall–Kier alpha value is -1.27. The van der Waals surface area contributed by atoms with E-state index >= 15 is 0 Å². The Morgan fingerprint density at radius 3 is 2.65 bits per heavy atom. The molecule has 0 unspecified atom stereocenters. The average molecular weight is 271 g/mol. The van der Waals surface area contributed by atoms with Crippen LogP contribution in [0.2, 0.25) is 5.28 Å². The lowest BCUT2D eigenvalue weighted by Crippen LogP contribution is -2.13. The molecule has 0 fully saturated rings. The highest BCUT2D eigenvalue weighted by Gasteiger charge is 2.10. The molecule has 5 nitrogen and oxygen atoms in total. The molecular formula is C10H11ClN4OS. The molecule has 0 saturated heterocycles. The van der Waals surface area contributed by atoms with Gasteiger partial charge >= 0.3 is 0 Å². The van der Waals surface area contributed by atoms with E-state index in [9.17, 15) is 0 Å². The minimum Gasteiger partial charge on any atom is -0.468 e. The molecule has 2 heterocycles. The fourth-order valence-corrected chi connectivity index (χ4v) is 2.12. The standard InChI is InChI=1S/C10H11ClN4OS/c1-6-7(4-5-16-6)17-10-13-8(11)12-9(14-10)15(2)3/h4-5H,1-3H3. The second-order valence-electron chi connectivity index (χ2n) is 3.52. The molecule has 0 aliphatic carbocycles. The lowest BCUT2D eigenvalue weighted by Gasteiger charge is -2.10. The molecule has 0 aromatic carbocycles. The number of aryl methyl sites for hydroxylation is 1. The molecule has 0 spiro atoms. The zero-order valence-corrected chi connectivity index (χ0v) is 11.2. The normalized spacial score (nSPS) is 10.6. The van der Waals surface area contributed by atoms with Gasteiger partial charge in [-0.1, -0.05) is 0 Å². The van der Waals surface area contributed by atoms with E-state index in [1.54, 1.807) is 11.2 Å². The Morgan fingerprint density at radius 1 is 1.29 bits per heavy atom. The zero-order chi connectivity index (χ0) is 12.4. The lowest BCUT2D eigenvalue weighted by molar-refractivity contribution is 0.527. The molecule has 0 saturated carbocycles. The topological polar surface area (TPSA) is 55.1 Å². The molecule has 0 N–H and O–H groups in total. The largest absolute Gasteiger partial charge is 0.468 e. The number of hydrogen-bond donors (Lipinski definition) is 0. The van der Waals surface area contributed by atoms with Crippen molar-refractivity contribution in [1.29, 1.82) is 0 Å². The Labute approximate surface area is 108 Å². The van der Waals surface area contributed by atoms with E-state index in [1.165, 1.54) is 11.8 Å². The fraction of sp³-hybridized carbons (Fsp3) is 0.300. The van der Waals surface area contributed by atoms with E-state index < -0.39 is 0 Å². The molecule has 2 aromatic rings. The second kappa shape index (κ2) is 4.93. The number of halogens is 1. The molecule has 90 valence electrons. The smallest absolute Gasteiger partial charge is 0.230 e. The van der Waals surface area contributed by atoms with Crippen LogP contribution < -0.4 is 4.90 Å². The summed E-state index contributed by atoms with van der Waals surface area (Å²) >= 11 is 7.25. The molecule has 0 aliphatic rings. The molecule has 0 bridgehead atoms. The minimum atomic E-state index is 0.187. The quantitative estimate of drug-likeness (QED) is 0.855. The van der Waals surface area contributed by atoms with Gasteiger partial charge in [0.15, 0.2) is 5.16 Å². The summed E-state index contributed by atoms with van der Waals surface area (Å²) in [4.78, 5) is 15.1. The van der Waals surface area contributed by atoms with Crippen LogP contribution in [0.15, 0.2) is 26.8 Å². The molecule has 0 atom stereocenters. The lowest BCUT2D eigenvalue weighted by atomic mass is 10.5. The predicted molar refractivity (Wildman–Crippen MR) is 66.7 cm³/mol. The molecule has 0 aliphatic heterocycles. The summed E-state index contributed by atoms with van der Waals surface area (Å²) in [6.45, 7) is 1.89. The van der Waals surface area contributed by atoms with Crippen molar-refractivity contribution < 1.29 is 4.42 Å². The molecule has 17 heavy (non-hydrogen) atoms. The number of furan rings is 1. The summed E-state index contributed by atoms with van der Waals surface area (Å²) in [5.41, 5.74) is 0. The van der Waals surface area contributed by atoms with E-state index in [0.29, 0.717) is 11.1 Å². The van der Waals surface area contributed by atoms with Crippen molar-refractivity contribution in [3.8, 4) is 0 Å². The minimum absolute atomic E-state index is 0.187. The van der Waals surface area contributed by atoms with Crippen LogP contribution in [0, 0.1) is 6.92 Å². The van der Waals surface area contributed by atoms with Gasteiger partial charge in [0.1, 0.15) is 5.76 Å². The van der Waals surface area contributed by atoms with Crippen molar-refractivity contribution in [2.24, 2.45) is 0 Å². The van der Waals surface area contributed by atoms with Gasteiger partial charge in [0.05, 0.1) is 11.2 Å². The first-order valence-corrected chi connectivity index (χ1v) is 6.06. The maximum Gasteiger partial charge on any atom is 0.230 e. The molecule has 2 aromatic heterocycles. The molecule has 0 radical (unpaired) electrons. The van der Waals surface area contributed by atoms with E-state index in [4.69, 9.17) is 16.0 Å². The van der Waals surface area contributed by atoms with Crippen LogP contribution >= 0.6 is 23.4 Å². The Balaban J connectivity index is 2.30. The number of anilines is 1. The van der Waals surface area contributed by atoms with Crippen LogP contribution in [0.5, 0.6) is 0 Å². The van der Waals surface area contributed by atoms with Crippen molar-refractivity contribution >= 4 is 29.3 Å². The van der Waals surface area contributed by atoms with Gasteiger partial charge in [-0.15, -0.1) is 0 Å². The molecule has 7 heteroatoms. The predicted octanol–water partition coefficient (Wildman–Crippen LogP) is 2.64. The van der Waals surface area contributed by atoms with Crippen LogP contribution in [-0.4, -0.2) is 29.0 Å². The summed E-state index contributed by atoms with van der Waals surface area (Å²) in [5, 5.41) is 0.741. The van der Waals surface area contributed by atoms with Gasteiger partial charge in [0.25, 0.3) is 0 Å². The fourth-order valence-electron chi connectivity index (χ4n) is 1.15. The van der Waals surface area contributed by atoms with Crippen molar-refractivity contribution in [3.05, 3.63) is 23.4 Å². The van der Waals surface area contributed by atoms with E-state index in [-0.39, 0.29) is 5.28 Å². The van der Waals surface area contributed by atoms with Gasteiger partial charge in [-0.25, -0.2) is 0 Å². The first kappa shape index (κ1) is 12.2. The zero-order valence-electron chi connectivity index (χ0n) is 9.64. The van der Waals surface area contributed by atoms with Crippen LogP contribution in [0.3, 0.4) is 0 Å². The number of rotatable bonds is 3. The monoisotopic (exact) mass is 270 g/mol. The van der Waals surface area contributed by atoms with Crippen molar-refractivity contribution in [2.45, 2.75) is 17.0 Å². The average Bonchev–Trinajstić information content (AvgIpc) is 2.63. The Bertz CT molecular complexity index is 529. The first-order valence-electron chi connectivity index (χ1n) is 4.87. The van der Waals surface area contributed by atoms with Gasteiger partial charge in [-0.05, 0) is 36.4 Å². The van der Waals surface area contributed by atoms with E-state index in [1.807, 2.05) is 27.1 Å². The SMILES string of the molecule is Cc1occc1Sc1nc(Cl)nc(N(C)C)n1. The number of nitrogens with zero attached hydrogens (tertiary/aromatic N) is 4. The second-order valence-corrected chi connectivity index (χ2v) is 4.87. The van der Waals surface area contributed by atoms with Crippen molar-refractivity contribution in [2.75, 3.05) is 19.0 Å². The third-order valence-corrected chi connectivity index (χ3v) is 3.17. The summed E-state index contributed by atoms with van der Waals surface area (Å²) in [7, 11) is 3.70. The van der Waals surface area contributed by atoms with Crippen molar-refractivity contribution in [3.63, 3.8) is 0 Å². The number of aromatic nitrogens is 3. The van der Waals surface area contributed by atoms with Crippen LogP contribution in [0.25, 0.3) is 0 Å². The summed E-state index contributed by atoms with van der Waals surface area (Å²) < 4.78 is 5.21. The van der Waals surface area contributed by atoms with Gasteiger partial charge in [0.2, 0.25) is 11.2 Å². The molecular weight excluding hydrogens is 260 g/mol. The van der Waals surface area contributed by atoms with E-state index in [0.717, 1.165) is 10.7 Å². The van der Waals surface area contributed by atoms with Gasteiger partial charge in [-0.2, -0.15) is 15.0 Å². The van der Waals surface area contributed by atoms with Crippen LogP contribution in [0.4, 0.5) is 5.95 Å². The molecule has 0 amide bonds. The summed E-state index contributed by atoms with van der Waals surface area (Å²) in [6.07, 6.45) is 1.63. The third kappa shape index (κ3) is 2.89. The van der Waals surface area contributed by atoms with E-state index in [2.05, 4.69) is 15.0 Å². The highest BCUT2D eigenvalue weighted by molar-refractivity contribution is 7.99. The van der Waals surface area contributed by atoms with Crippen LogP contribution in [-0.2, 0) is 0 Å².